The molecule has 1 aromatic carbocycles. The summed E-state index contributed by atoms with van der Waals surface area (Å²) in [5, 5.41) is 0. The second-order valence-electron chi connectivity index (χ2n) is 5.13. The van der Waals surface area contributed by atoms with Crippen molar-refractivity contribution < 1.29 is 4.74 Å². The smallest absolute Gasteiger partial charge is 0.0867 e. The first-order chi connectivity index (χ1) is 8.64. The minimum atomic E-state index is -0.696. The highest BCUT2D eigenvalue weighted by molar-refractivity contribution is 5.77. The lowest BCUT2D eigenvalue weighted by Crippen LogP contribution is -2.47. The van der Waals surface area contributed by atoms with Crippen molar-refractivity contribution in [2.45, 2.75) is 24.6 Å². The lowest BCUT2D eigenvalue weighted by atomic mass is 9.90. The van der Waals surface area contributed by atoms with Crippen molar-refractivity contribution in [3.05, 3.63) is 53.6 Å². The maximum atomic E-state index is 5.87. The second-order valence-corrected chi connectivity index (χ2v) is 5.13. The van der Waals surface area contributed by atoms with Gasteiger partial charge < -0.3 is 16.2 Å². The van der Waals surface area contributed by atoms with Gasteiger partial charge in [0.15, 0.2) is 0 Å². The summed E-state index contributed by atoms with van der Waals surface area (Å²) in [5.41, 5.74) is 14.9. The van der Waals surface area contributed by atoms with E-state index in [-0.39, 0.29) is 0 Å². The van der Waals surface area contributed by atoms with Gasteiger partial charge in [0.25, 0.3) is 0 Å². The first kappa shape index (κ1) is 11.7. The summed E-state index contributed by atoms with van der Waals surface area (Å²) in [7, 11) is 0. The fourth-order valence-electron chi connectivity index (χ4n) is 2.28. The molecule has 4 N–H and O–H groups in total. The van der Waals surface area contributed by atoms with Crippen LogP contribution in [0.25, 0.3) is 5.57 Å². The summed E-state index contributed by atoms with van der Waals surface area (Å²) in [6.45, 7) is 0.887. The van der Waals surface area contributed by atoms with Crippen LogP contribution in [0.2, 0.25) is 0 Å². The van der Waals surface area contributed by atoms with Gasteiger partial charge in [-0.3, -0.25) is 0 Å². The Morgan fingerprint density at radius 1 is 1.28 bits per heavy atom. The quantitative estimate of drug-likeness (QED) is 0.625. The lowest BCUT2D eigenvalue weighted by Gasteiger charge is -2.23. The summed E-state index contributed by atoms with van der Waals surface area (Å²) in [6.07, 6.45) is 8.09. The molecule has 1 heterocycles. The van der Waals surface area contributed by atoms with Gasteiger partial charge in [0.05, 0.1) is 18.4 Å². The van der Waals surface area contributed by atoms with Crippen molar-refractivity contribution in [2.75, 3.05) is 6.61 Å². The molecule has 0 bridgehead atoms. The predicted molar refractivity (Wildman–Crippen MR) is 72.7 cm³/mol. The van der Waals surface area contributed by atoms with Crippen LogP contribution in [0.4, 0.5) is 0 Å². The van der Waals surface area contributed by atoms with Gasteiger partial charge in [0, 0.05) is 12.8 Å². The van der Waals surface area contributed by atoms with Crippen LogP contribution >= 0.6 is 0 Å². The molecular weight excluding hydrogens is 224 g/mol. The molecule has 1 unspecified atom stereocenters. The Morgan fingerprint density at radius 3 is 2.72 bits per heavy atom. The van der Waals surface area contributed by atoms with E-state index < -0.39 is 5.66 Å². The summed E-state index contributed by atoms with van der Waals surface area (Å²) in [4.78, 5) is 0. The molecule has 0 spiro atoms. The van der Waals surface area contributed by atoms with Gasteiger partial charge >= 0.3 is 0 Å². The van der Waals surface area contributed by atoms with Crippen LogP contribution in [0.1, 0.15) is 17.5 Å². The first-order valence-electron chi connectivity index (χ1n) is 6.31. The van der Waals surface area contributed by atoms with E-state index in [2.05, 4.69) is 30.3 Å². The van der Waals surface area contributed by atoms with Crippen molar-refractivity contribution >= 4 is 5.57 Å². The van der Waals surface area contributed by atoms with Crippen LogP contribution in [-0.2, 0) is 11.2 Å². The van der Waals surface area contributed by atoms with Gasteiger partial charge in [-0.15, -0.1) is 0 Å². The van der Waals surface area contributed by atoms with E-state index >= 15 is 0 Å². The molecule has 0 radical (unpaired) electrons. The monoisotopic (exact) mass is 242 g/mol. The summed E-state index contributed by atoms with van der Waals surface area (Å²) >= 11 is 0. The standard InChI is InChI=1S/C15H18N2O/c16-15(17)7-5-11(6-8-15)14-4-2-1-3-12(14)9-13-10-18-13/h1-7,13H,8-10,16-17H2. The largest absolute Gasteiger partial charge is 0.373 e. The number of allylic oxidation sites excluding steroid dienone is 2. The molecule has 1 aliphatic carbocycles. The minimum Gasteiger partial charge on any atom is -0.373 e. The van der Waals surface area contributed by atoms with E-state index in [0.717, 1.165) is 13.0 Å². The predicted octanol–water partition coefficient (Wildman–Crippen LogP) is 1.58. The molecule has 2 aliphatic rings. The van der Waals surface area contributed by atoms with Crippen LogP contribution in [0.15, 0.2) is 42.5 Å². The summed E-state index contributed by atoms with van der Waals surface area (Å²) in [6, 6.07) is 8.45. The van der Waals surface area contributed by atoms with Crippen molar-refractivity contribution in [1.82, 2.24) is 0 Å². The summed E-state index contributed by atoms with van der Waals surface area (Å²) in [5.74, 6) is 0. The number of ether oxygens (including phenoxy) is 1. The Balaban J connectivity index is 1.88. The Morgan fingerprint density at radius 2 is 2.06 bits per heavy atom. The van der Waals surface area contributed by atoms with E-state index in [9.17, 15) is 0 Å². The molecule has 1 aliphatic heterocycles. The average Bonchev–Trinajstić information content (AvgIpc) is 3.14. The van der Waals surface area contributed by atoms with E-state index in [1.54, 1.807) is 0 Å². The molecule has 18 heavy (non-hydrogen) atoms. The third-order valence-electron chi connectivity index (χ3n) is 3.43. The highest BCUT2D eigenvalue weighted by atomic mass is 16.6. The van der Waals surface area contributed by atoms with Gasteiger partial charge in [-0.1, -0.05) is 36.4 Å². The molecule has 3 nitrogen and oxygen atoms in total. The molecule has 1 fully saturated rings. The number of nitrogens with two attached hydrogens (primary N) is 2. The molecule has 0 saturated carbocycles. The molecule has 0 amide bonds. The van der Waals surface area contributed by atoms with E-state index in [1.165, 1.54) is 16.7 Å². The third kappa shape index (κ3) is 2.53. The molecule has 3 rings (SSSR count). The average molecular weight is 242 g/mol. The van der Waals surface area contributed by atoms with Crippen LogP contribution in [0, 0.1) is 0 Å². The second kappa shape index (κ2) is 4.35. The third-order valence-corrected chi connectivity index (χ3v) is 3.43. The minimum absolute atomic E-state index is 0.405. The molecule has 0 aromatic heterocycles. The molecule has 1 atom stereocenters. The van der Waals surface area contributed by atoms with Crippen molar-refractivity contribution in [1.29, 1.82) is 0 Å². The SMILES string of the molecule is NC1(N)C=CC(c2ccccc2CC2CO2)=CC1. The van der Waals surface area contributed by atoms with Crippen LogP contribution in [-0.4, -0.2) is 18.4 Å². The zero-order valence-electron chi connectivity index (χ0n) is 10.3. The molecule has 94 valence electrons. The van der Waals surface area contributed by atoms with Gasteiger partial charge in [0.2, 0.25) is 0 Å². The number of hydrogen-bond acceptors (Lipinski definition) is 3. The van der Waals surface area contributed by atoms with E-state index in [0.29, 0.717) is 12.5 Å². The highest BCUT2D eigenvalue weighted by Gasteiger charge is 2.24. The van der Waals surface area contributed by atoms with E-state index in [4.69, 9.17) is 16.2 Å². The number of benzene rings is 1. The number of hydrogen-bond donors (Lipinski definition) is 2. The highest BCUT2D eigenvalue weighted by Crippen LogP contribution is 2.28. The maximum absolute atomic E-state index is 5.87. The Hall–Kier alpha value is -1.42. The van der Waals surface area contributed by atoms with E-state index in [1.807, 2.05) is 12.2 Å². The van der Waals surface area contributed by atoms with Crippen molar-refractivity contribution in [2.24, 2.45) is 11.5 Å². The fourth-order valence-corrected chi connectivity index (χ4v) is 2.28. The first-order valence-corrected chi connectivity index (χ1v) is 6.31. The Kier molecular flexibility index (Phi) is 2.82. The molecule has 3 heteroatoms. The Labute approximate surface area is 107 Å². The van der Waals surface area contributed by atoms with Crippen LogP contribution in [0.3, 0.4) is 0 Å². The number of rotatable bonds is 3. The fraction of sp³-hybridized carbons (Fsp3) is 0.333. The zero-order chi connectivity index (χ0) is 12.6. The topological polar surface area (TPSA) is 64.6 Å². The van der Waals surface area contributed by atoms with Gasteiger partial charge in [0.1, 0.15) is 0 Å². The normalized spacial score (nSPS) is 24.8. The summed E-state index contributed by atoms with van der Waals surface area (Å²) < 4.78 is 5.31. The van der Waals surface area contributed by atoms with Crippen molar-refractivity contribution in [3.8, 4) is 0 Å². The molecular formula is C15H18N2O. The molecule has 1 aromatic rings. The lowest BCUT2D eigenvalue weighted by molar-refractivity contribution is 0.407. The van der Waals surface area contributed by atoms with Crippen LogP contribution < -0.4 is 11.5 Å². The van der Waals surface area contributed by atoms with Gasteiger partial charge in [-0.2, -0.15) is 0 Å². The maximum Gasteiger partial charge on any atom is 0.0867 e. The van der Waals surface area contributed by atoms with Crippen molar-refractivity contribution in [3.63, 3.8) is 0 Å². The van der Waals surface area contributed by atoms with Gasteiger partial charge in [-0.25, -0.2) is 0 Å². The van der Waals surface area contributed by atoms with Gasteiger partial charge in [-0.05, 0) is 22.8 Å². The van der Waals surface area contributed by atoms with Crippen LogP contribution in [0.5, 0.6) is 0 Å². The number of epoxide rings is 1. The Bertz CT molecular complexity index is 513. The molecule has 1 saturated heterocycles. The zero-order valence-corrected chi connectivity index (χ0v) is 10.3.